The first-order chi connectivity index (χ1) is 11.3. The van der Waals surface area contributed by atoms with Crippen LogP contribution in [0.2, 0.25) is 0 Å². The number of anilines is 1. The van der Waals surface area contributed by atoms with Gasteiger partial charge in [-0.25, -0.2) is 13.8 Å². The molecular weight excluding hydrogens is 382 g/mol. The SMILES string of the molecule is CCN(C)c1nc(C(C)c2c(F)cc(C#N)cc2F)c(Br)c(=O)[nH]1. The number of H-pyrrole nitrogens is 1. The van der Waals surface area contributed by atoms with E-state index in [1.54, 1.807) is 24.9 Å². The lowest BCUT2D eigenvalue weighted by Gasteiger charge is -2.19. The Morgan fingerprint density at radius 2 is 2.00 bits per heavy atom. The van der Waals surface area contributed by atoms with E-state index in [-0.39, 0.29) is 21.3 Å². The molecule has 2 aromatic rings. The van der Waals surface area contributed by atoms with Crippen molar-refractivity contribution in [3.8, 4) is 6.07 Å². The van der Waals surface area contributed by atoms with Gasteiger partial charge in [0.25, 0.3) is 5.56 Å². The molecule has 0 amide bonds. The fourth-order valence-electron chi connectivity index (χ4n) is 2.28. The molecule has 0 radical (unpaired) electrons. The summed E-state index contributed by atoms with van der Waals surface area (Å²) in [6, 6.07) is 3.63. The van der Waals surface area contributed by atoms with Crippen molar-refractivity contribution in [2.24, 2.45) is 0 Å². The van der Waals surface area contributed by atoms with Gasteiger partial charge in [-0.05, 0) is 35.0 Å². The molecule has 1 aromatic heterocycles. The van der Waals surface area contributed by atoms with E-state index in [4.69, 9.17) is 5.26 Å². The van der Waals surface area contributed by atoms with E-state index in [2.05, 4.69) is 25.9 Å². The Labute approximate surface area is 146 Å². The number of aromatic amines is 1. The van der Waals surface area contributed by atoms with Crippen molar-refractivity contribution < 1.29 is 8.78 Å². The number of halogens is 3. The topological polar surface area (TPSA) is 72.8 Å². The number of hydrogen-bond acceptors (Lipinski definition) is 4. The number of hydrogen-bond donors (Lipinski definition) is 1. The Morgan fingerprint density at radius 1 is 1.42 bits per heavy atom. The highest BCUT2D eigenvalue weighted by Gasteiger charge is 2.24. The third-order valence-corrected chi connectivity index (χ3v) is 4.53. The molecular formula is C16H15BrF2N4O. The molecule has 2 rings (SSSR count). The largest absolute Gasteiger partial charge is 0.346 e. The van der Waals surface area contributed by atoms with Gasteiger partial charge >= 0.3 is 0 Å². The van der Waals surface area contributed by atoms with E-state index in [0.717, 1.165) is 12.1 Å². The third kappa shape index (κ3) is 3.31. The van der Waals surface area contributed by atoms with Gasteiger partial charge in [0, 0.05) is 25.1 Å². The van der Waals surface area contributed by atoms with E-state index < -0.39 is 23.1 Å². The Bertz CT molecular complexity index is 852. The van der Waals surface area contributed by atoms with Crippen LogP contribution in [0.25, 0.3) is 0 Å². The lowest BCUT2D eigenvalue weighted by Crippen LogP contribution is -2.25. The Balaban J connectivity index is 2.63. The van der Waals surface area contributed by atoms with Crippen LogP contribution in [0, 0.1) is 23.0 Å². The number of rotatable bonds is 4. The van der Waals surface area contributed by atoms with Gasteiger partial charge in [0.1, 0.15) is 16.1 Å². The third-order valence-electron chi connectivity index (χ3n) is 3.76. The first-order valence-corrected chi connectivity index (χ1v) is 7.99. The summed E-state index contributed by atoms with van der Waals surface area (Å²) < 4.78 is 28.6. The van der Waals surface area contributed by atoms with Crippen LogP contribution >= 0.6 is 15.9 Å². The summed E-state index contributed by atoms with van der Waals surface area (Å²) in [7, 11) is 1.74. The van der Waals surface area contributed by atoms with E-state index in [1.165, 1.54) is 0 Å². The zero-order chi connectivity index (χ0) is 18.0. The number of nitrogens with one attached hydrogen (secondary N) is 1. The van der Waals surface area contributed by atoms with Crippen LogP contribution in [0.4, 0.5) is 14.7 Å². The van der Waals surface area contributed by atoms with Gasteiger partial charge in [0.15, 0.2) is 0 Å². The van der Waals surface area contributed by atoms with Crippen molar-refractivity contribution in [3.63, 3.8) is 0 Å². The van der Waals surface area contributed by atoms with E-state index in [0.29, 0.717) is 12.5 Å². The Kier molecular flexibility index (Phi) is 5.34. The van der Waals surface area contributed by atoms with E-state index in [1.807, 2.05) is 6.92 Å². The molecule has 8 heteroatoms. The first kappa shape index (κ1) is 18.1. The second-order valence-electron chi connectivity index (χ2n) is 5.29. The Hall–Kier alpha value is -2.27. The van der Waals surface area contributed by atoms with Crippen LogP contribution in [-0.2, 0) is 0 Å². The molecule has 0 aliphatic rings. The van der Waals surface area contributed by atoms with E-state index in [9.17, 15) is 13.6 Å². The summed E-state index contributed by atoms with van der Waals surface area (Å²) in [5.41, 5.74) is -0.559. The van der Waals surface area contributed by atoms with Crippen LogP contribution in [0.15, 0.2) is 21.4 Å². The molecule has 1 unspecified atom stereocenters. The number of nitrogens with zero attached hydrogens (tertiary/aromatic N) is 3. The highest BCUT2D eigenvalue weighted by atomic mass is 79.9. The molecule has 1 aromatic carbocycles. The summed E-state index contributed by atoms with van der Waals surface area (Å²) >= 11 is 3.14. The highest BCUT2D eigenvalue weighted by molar-refractivity contribution is 9.10. The molecule has 0 spiro atoms. The molecule has 5 nitrogen and oxygen atoms in total. The number of nitriles is 1. The lowest BCUT2D eigenvalue weighted by atomic mass is 9.95. The van der Waals surface area contributed by atoms with Crippen molar-refractivity contribution in [1.29, 1.82) is 5.26 Å². The summed E-state index contributed by atoms with van der Waals surface area (Å²) in [4.78, 5) is 20.7. The minimum Gasteiger partial charge on any atom is -0.346 e. The van der Waals surface area contributed by atoms with Crippen molar-refractivity contribution in [3.05, 3.63) is 55.4 Å². The zero-order valence-electron chi connectivity index (χ0n) is 13.3. The van der Waals surface area contributed by atoms with Crippen molar-refractivity contribution in [1.82, 2.24) is 9.97 Å². The maximum Gasteiger partial charge on any atom is 0.266 e. The maximum absolute atomic E-state index is 14.3. The predicted octanol–water partition coefficient (Wildman–Crippen LogP) is 3.29. The summed E-state index contributed by atoms with van der Waals surface area (Å²) in [6.45, 7) is 4.03. The second kappa shape index (κ2) is 7.09. The lowest BCUT2D eigenvalue weighted by molar-refractivity contribution is 0.543. The minimum absolute atomic E-state index is 0.106. The van der Waals surface area contributed by atoms with Gasteiger partial charge in [0.05, 0.1) is 17.3 Å². The first-order valence-electron chi connectivity index (χ1n) is 7.20. The average molecular weight is 397 g/mol. The van der Waals surface area contributed by atoms with Crippen molar-refractivity contribution in [2.75, 3.05) is 18.5 Å². The van der Waals surface area contributed by atoms with Crippen molar-refractivity contribution >= 4 is 21.9 Å². The summed E-state index contributed by atoms with van der Waals surface area (Å²) in [5.74, 6) is -2.21. The second-order valence-corrected chi connectivity index (χ2v) is 6.08. The normalized spacial score (nSPS) is 11.9. The molecule has 0 saturated carbocycles. The van der Waals surface area contributed by atoms with Gasteiger partial charge in [0.2, 0.25) is 5.95 Å². The minimum atomic E-state index is -0.849. The maximum atomic E-state index is 14.3. The molecule has 1 N–H and O–H groups in total. The molecule has 0 aliphatic heterocycles. The van der Waals surface area contributed by atoms with Gasteiger partial charge < -0.3 is 4.90 Å². The monoisotopic (exact) mass is 396 g/mol. The van der Waals surface area contributed by atoms with Gasteiger partial charge in [-0.1, -0.05) is 6.92 Å². The van der Waals surface area contributed by atoms with Crippen LogP contribution in [0.1, 0.15) is 36.6 Å². The Morgan fingerprint density at radius 3 is 2.50 bits per heavy atom. The fraction of sp³-hybridized carbons (Fsp3) is 0.312. The smallest absolute Gasteiger partial charge is 0.266 e. The molecule has 0 bridgehead atoms. The molecule has 1 heterocycles. The molecule has 0 aliphatic carbocycles. The van der Waals surface area contributed by atoms with E-state index >= 15 is 0 Å². The number of aromatic nitrogens is 2. The van der Waals surface area contributed by atoms with Crippen LogP contribution in [-0.4, -0.2) is 23.6 Å². The van der Waals surface area contributed by atoms with Gasteiger partial charge in [-0.2, -0.15) is 5.26 Å². The summed E-state index contributed by atoms with van der Waals surface area (Å²) in [5, 5.41) is 8.78. The van der Waals surface area contributed by atoms with Crippen LogP contribution in [0.3, 0.4) is 0 Å². The molecule has 0 saturated heterocycles. The zero-order valence-corrected chi connectivity index (χ0v) is 14.9. The van der Waals surface area contributed by atoms with Gasteiger partial charge in [-0.3, -0.25) is 9.78 Å². The fourth-order valence-corrected chi connectivity index (χ4v) is 2.81. The van der Waals surface area contributed by atoms with Crippen LogP contribution in [0.5, 0.6) is 0 Å². The molecule has 0 fully saturated rings. The predicted molar refractivity (Wildman–Crippen MR) is 90.1 cm³/mol. The van der Waals surface area contributed by atoms with Gasteiger partial charge in [-0.15, -0.1) is 0 Å². The van der Waals surface area contributed by atoms with Crippen molar-refractivity contribution in [2.45, 2.75) is 19.8 Å². The number of benzene rings is 1. The summed E-state index contributed by atoms with van der Waals surface area (Å²) in [6.07, 6.45) is 0. The van der Waals surface area contributed by atoms with Crippen LogP contribution < -0.4 is 10.5 Å². The quantitative estimate of drug-likeness (QED) is 0.860. The molecule has 24 heavy (non-hydrogen) atoms. The highest BCUT2D eigenvalue weighted by Crippen LogP contribution is 2.31. The molecule has 126 valence electrons. The molecule has 1 atom stereocenters. The standard InChI is InChI=1S/C16H15BrF2N4O/c1-4-23(3)16-21-14(13(17)15(24)22-16)8(2)12-10(18)5-9(7-20)6-11(12)19/h5-6,8H,4H2,1-3H3,(H,21,22,24). The average Bonchev–Trinajstić information content (AvgIpc) is 2.55.